The lowest BCUT2D eigenvalue weighted by Crippen LogP contribution is -2.36. The highest BCUT2D eigenvalue weighted by Gasteiger charge is 2.24. The second-order valence-corrected chi connectivity index (χ2v) is 5.25. The van der Waals surface area contributed by atoms with Crippen LogP contribution in [0.15, 0.2) is 0 Å². The molecule has 2 fully saturated rings. The third-order valence-electron chi connectivity index (χ3n) is 3.70. The molecular weight excluding hydrogens is 224 g/mol. The Morgan fingerprint density at radius 2 is 2.19 bits per heavy atom. The lowest BCUT2D eigenvalue weighted by Gasteiger charge is -2.14. The van der Waals surface area contributed by atoms with Crippen LogP contribution in [0.5, 0.6) is 0 Å². The van der Waals surface area contributed by atoms with Crippen molar-refractivity contribution in [2.24, 2.45) is 11.8 Å². The highest BCUT2D eigenvalue weighted by Crippen LogP contribution is 2.32. The SMILES string of the molecule is CC1CCC(CC(=O)NC2CCNC2)C1.Cl. The lowest BCUT2D eigenvalue weighted by molar-refractivity contribution is -0.122. The number of carbonyl (C=O) groups excluding carboxylic acids is 1. The quantitative estimate of drug-likeness (QED) is 0.796. The van der Waals surface area contributed by atoms with Gasteiger partial charge in [0.15, 0.2) is 0 Å². The Morgan fingerprint density at radius 1 is 1.38 bits per heavy atom. The molecule has 0 aromatic heterocycles. The highest BCUT2D eigenvalue weighted by molar-refractivity contribution is 5.85. The first-order chi connectivity index (χ1) is 7.24. The van der Waals surface area contributed by atoms with E-state index in [4.69, 9.17) is 0 Å². The topological polar surface area (TPSA) is 41.1 Å². The summed E-state index contributed by atoms with van der Waals surface area (Å²) in [5, 5.41) is 6.38. The zero-order chi connectivity index (χ0) is 10.7. The van der Waals surface area contributed by atoms with Gasteiger partial charge in [0.2, 0.25) is 5.91 Å². The Balaban J connectivity index is 0.00000128. The number of halogens is 1. The maximum Gasteiger partial charge on any atom is 0.220 e. The second kappa shape index (κ2) is 6.45. The van der Waals surface area contributed by atoms with E-state index in [0.717, 1.165) is 31.8 Å². The molecule has 0 bridgehead atoms. The predicted octanol–water partition coefficient (Wildman–Crippen LogP) is 1.71. The third-order valence-corrected chi connectivity index (χ3v) is 3.70. The minimum absolute atomic E-state index is 0. The molecule has 0 aromatic rings. The molecule has 94 valence electrons. The Hall–Kier alpha value is -0.280. The first-order valence-corrected chi connectivity index (χ1v) is 6.24. The van der Waals surface area contributed by atoms with Gasteiger partial charge in [-0.1, -0.05) is 13.3 Å². The summed E-state index contributed by atoms with van der Waals surface area (Å²) in [6, 6.07) is 0.385. The molecule has 2 aliphatic rings. The number of rotatable bonds is 3. The van der Waals surface area contributed by atoms with Gasteiger partial charge in [0.25, 0.3) is 0 Å². The molecule has 1 saturated carbocycles. The van der Waals surface area contributed by atoms with Gasteiger partial charge in [0.1, 0.15) is 0 Å². The molecule has 1 aliphatic heterocycles. The normalized spacial score (nSPS) is 33.4. The monoisotopic (exact) mass is 246 g/mol. The van der Waals surface area contributed by atoms with E-state index >= 15 is 0 Å². The zero-order valence-electron chi connectivity index (χ0n) is 10.00. The van der Waals surface area contributed by atoms with Crippen molar-refractivity contribution in [2.75, 3.05) is 13.1 Å². The molecule has 16 heavy (non-hydrogen) atoms. The molecule has 0 spiro atoms. The Morgan fingerprint density at radius 3 is 2.75 bits per heavy atom. The van der Waals surface area contributed by atoms with Crippen LogP contribution < -0.4 is 10.6 Å². The molecule has 2 N–H and O–H groups in total. The number of nitrogens with one attached hydrogen (secondary N) is 2. The Labute approximate surface area is 104 Å². The van der Waals surface area contributed by atoms with Gasteiger partial charge in [-0.25, -0.2) is 0 Å². The molecule has 1 saturated heterocycles. The van der Waals surface area contributed by atoms with Gasteiger partial charge in [-0.15, -0.1) is 12.4 Å². The van der Waals surface area contributed by atoms with E-state index in [-0.39, 0.29) is 18.3 Å². The minimum atomic E-state index is 0. The predicted molar refractivity (Wildman–Crippen MR) is 67.8 cm³/mol. The Bertz CT molecular complexity index is 229. The summed E-state index contributed by atoms with van der Waals surface area (Å²) >= 11 is 0. The second-order valence-electron chi connectivity index (χ2n) is 5.25. The molecule has 2 rings (SSSR count). The molecule has 3 atom stereocenters. The fourth-order valence-corrected chi connectivity index (χ4v) is 2.84. The number of hydrogen-bond donors (Lipinski definition) is 2. The van der Waals surface area contributed by atoms with Crippen molar-refractivity contribution >= 4 is 18.3 Å². The van der Waals surface area contributed by atoms with Crippen LogP contribution >= 0.6 is 12.4 Å². The maximum atomic E-state index is 11.7. The van der Waals surface area contributed by atoms with Crippen LogP contribution in [0.25, 0.3) is 0 Å². The molecule has 3 nitrogen and oxygen atoms in total. The molecular formula is C12H23ClN2O. The standard InChI is InChI=1S/C12H22N2O.ClH/c1-9-2-3-10(6-9)7-12(15)14-11-4-5-13-8-11;/h9-11,13H,2-8H2,1H3,(H,14,15);1H. The van der Waals surface area contributed by atoms with Crippen LogP contribution in [0.1, 0.15) is 39.0 Å². The van der Waals surface area contributed by atoms with Crippen LogP contribution in [0, 0.1) is 11.8 Å². The fourth-order valence-electron chi connectivity index (χ4n) is 2.84. The molecule has 4 heteroatoms. The van der Waals surface area contributed by atoms with Crippen molar-refractivity contribution in [1.82, 2.24) is 10.6 Å². The summed E-state index contributed by atoms with van der Waals surface area (Å²) in [6.07, 6.45) is 5.64. The Kier molecular flexibility index (Phi) is 5.56. The summed E-state index contributed by atoms with van der Waals surface area (Å²) in [5.74, 6) is 1.74. The van der Waals surface area contributed by atoms with Crippen molar-refractivity contribution < 1.29 is 4.79 Å². The van der Waals surface area contributed by atoms with Crippen LogP contribution in [-0.2, 0) is 4.79 Å². The largest absolute Gasteiger partial charge is 0.352 e. The van der Waals surface area contributed by atoms with E-state index in [1.165, 1.54) is 19.3 Å². The average molecular weight is 247 g/mol. The van der Waals surface area contributed by atoms with Crippen molar-refractivity contribution in [1.29, 1.82) is 0 Å². The summed E-state index contributed by atoms with van der Waals surface area (Å²) in [6.45, 7) is 4.29. The van der Waals surface area contributed by atoms with E-state index in [9.17, 15) is 4.79 Å². The van der Waals surface area contributed by atoms with Gasteiger partial charge in [0, 0.05) is 19.0 Å². The summed E-state index contributed by atoms with van der Waals surface area (Å²) in [4.78, 5) is 11.7. The van der Waals surface area contributed by atoms with Crippen molar-refractivity contribution in [3.63, 3.8) is 0 Å². The highest BCUT2D eigenvalue weighted by atomic mass is 35.5. The number of carbonyl (C=O) groups is 1. The summed E-state index contributed by atoms with van der Waals surface area (Å²) in [5.41, 5.74) is 0. The van der Waals surface area contributed by atoms with Crippen molar-refractivity contribution in [3.05, 3.63) is 0 Å². The van der Waals surface area contributed by atoms with E-state index < -0.39 is 0 Å². The van der Waals surface area contributed by atoms with Crippen LogP contribution in [-0.4, -0.2) is 25.0 Å². The van der Waals surface area contributed by atoms with Gasteiger partial charge >= 0.3 is 0 Å². The first-order valence-electron chi connectivity index (χ1n) is 6.24. The van der Waals surface area contributed by atoms with Gasteiger partial charge in [-0.3, -0.25) is 4.79 Å². The third kappa shape index (κ3) is 3.95. The minimum Gasteiger partial charge on any atom is -0.352 e. The molecule has 1 heterocycles. The maximum absolute atomic E-state index is 11.7. The summed E-state index contributed by atoms with van der Waals surface area (Å²) in [7, 11) is 0. The van der Waals surface area contributed by atoms with Crippen LogP contribution in [0.2, 0.25) is 0 Å². The van der Waals surface area contributed by atoms with E-state index in [1.807, 2.05) is 0 Å². The zero-order valence-corrected chi connectivity index (χ0v) is 10.8. The number of hydrogen-bond acceptors (Lipinski definition) is 2. The lowest BCUT2D eigenvalue weighted by atomic mass is 10.0. The smallest absolute Gasteiger partial charge is 0.220 e. The van der Waals surface area contributed by atoms with Crippen LogP contribution in [0.3, 0.4) is 0 Å². The van der Waals surface area contributed by atoms with Crippen molar-refractivity contribution in [3.8, 4) is 0 Å². The van der Waals surface area contributed by atoms with E-state index in [1.54, 1.807) is 0 Å². The van der Waals surface area contributed by atoms with Gasteiger partial charge in [-0.2, -0.15) is 0 Å². The molecule has 1 amide bonds. The van der Waals surface area contributed by atoms with Gasteiger partial charge in [0.05, 0.1) is 0 Å². The molecule has 0 radical (unpaired) electrons. The van der Waals surface area contributed by atoms with E-state index in [0.29, 0.717) is 12.0 Å². The fraction of sp³-hybridized carbons (Fsp3) is 0.917. The average Bonchev–Trinajstić information content (AvgIpc) is 2.77. The van der Waals surface area contributed by atoms with Crippen LogP contribution in [0.4, 0.5) is 0 Å². The van der Waals surface area contributed by atoms with Gasteiger partial charge < -0.3 is 10.6 Å². The molecule has 1 aliphatic carbocycles. The van der Waals surface area contributed by atoms with Crippen molar-refractivity contribution in [2.45, 2.75) is 45.1 Å². The first kappa shape index (κ1) is 13.8. The van der Waals surface area contributed by atoms with E-state index in [2.05, 4.69) is 17.6 Å². The number of amides is 1. The molecule has 3 unspecified atom stereocenters. The summed E-state index contributed by atoms with van der Waals surface area (Å²) < 4.78 is 0. The van der Waals surface area contributed by atoms with Gasteiger partial charge in [-0.05, 0) is 37.6 Å². The molecule has 0 aromatic carbocycles.